The number of nitrogens with zero attached hydrogens (tertiary/aromatic N) is 2. The molecule has 1 aliphatic carbocycles. The Bertz CT molecular complexity index is 1010. The number of imidazole rings is 1. The summed E-state index contributed by atoms with van der Waals surface area (Å²) in [5, 5.41) is 14.0. The number of benzene rings is 1. The predicted octanol–water partition coefficient (Wildman–Crippen LogP) is 2.81. The summed E-state index contributed by atoms with van der Waals surface area (Å²) < 4.78 is 6.77. The van der Waals surface area contributed by atoms with Gasteiger partial charge in [-0.3, -0.25) is 0 Å². The van der Waals surface area contributed by atoms with Gasteiger partial charge in [0, 0.05) is 18.3 Å². The van der Waals surface area contributed by atoms with E-state index in [0.29, 0.717) is 17.7 Å². The third-order valence-corrected chi connectivity index (χ3v) is 5.13. The van der Waals surface area contributed by atoms with Crippen LogP contribution in [0.2, 0.25) is 0 Å². The van der Waals surface area contributed by atoms with Crippen molar-refractivity contribution in [1.82, 2.24) is 9.38 Å². The van der Waals surface area contributed by atoms with Gasteiger partial charge in [0.25, 0.3) is 0 Å². The van der Waals surface area contributed by atoms with E-state index in [2.05, 4.69) is 10.3 Å². The third kappa shape index (κ3) is 2.54. The number of rotatable bonds is 3. The second-order valence-corrected chi connectivity index (χ2v) is 6.70. The zero-order chi connectivity index (χ0) is 18.4. The molecular formula is C20H21N3O3. The van der Waals surface area contributed by atoms with Crippen molar-refractivity contribution in [3.63, 3.8) is 0 Å². The lowest BCUT2D eigenvalue weighted by Gasteiger charge is -2.20. The van der Waals surface area contributed by atoms with Gasteiger partial charge in [0.1, 0.15) is 0 Å². The minimum Gasteiger partial charge on any atom is -0.465 e. The SMILES string of the molecule is COC(=O)c1cc(NC2c3ccccc3CC2O)c2nc(C)c(C)n2c1. The van der Waals surface area contributed by atoms with Gasteiger partial charge in [0.15, 0.2) is 5.65 Å². The van der Waals surface area contributed by atoms with Gasteiger partial charge in [-0.05, 0) is 31.0 Å². The molecule has 2 aromatic heterocycles. The molecule has 1 aliphatic rings. The topological polar surface area (TPSA) is 75.9 Å². The Morgan fingerprint density at radius 1 is 1.35 bits per heavy atom. The van der Waals surface area contributed by atoms with Crippen LogP contribution in [0.4, 0.5) is 5.69 Å². The van der Waals surface area contributed by atoms with Gasteiger partial charge in [0.2, 0.25) is 0 Å². The van der Waals surface area contributed by atoms with E-state index in [1.807, 2.05) is 42.5 Å². The van der Waals surface area contributed by atoms with Gasteiger partial charge in [-0.25, -0.2) is 9.78 Å². The Hall–Kier alpha value is -2.86. The van der Waals surface area contributed by atoms with Gasteiger partial charge >= 0.3 is 5.97 Å². The number of aliphatic hydroxyl groups excluding tert-OH is 1. The maximum absolute atomic E-state index is 12.1. The molecule has 6 heteroatoms. The van der Waals surface area contributed by atoms with Crippen molar-refractivity contribution >= 4 is 17.3 Å². The summed E-state index contributed by atoms with van der Waals surface area (Å²) >= 11 is 0. The first-order valence-corrected chi connectivity index (χ1v) is 8.59. The molecule has 2 heterocycles. The number of nitrogens with one attached hydrogen (secondary N) is 1. The molecule has 0 amide bonds. The fourth-order valence-corrected chi connectivity index (χ4v) is 3.62. The molecule has 2 N–H and O–H groups in total. The lowest BCUT2D eigenvalue weighted by molar-refractivity contribution is 0.0600. The summed E-state index contributed by atoms with van der Waals surface area (Å²) in [4.78, 5) is 16.7. The summed E-state index contributed by atoms with van der Waals surface area (Å²) in [6.07, 6.45) is 1.81. The van der Waals surface area contributed by atoms with Gasteiger partial charge in [-0.1, -0.05) is 24.3 Å². The summed E-state index contributed by atoms with van der Waals surface area (Å²) in [7, 11) is 1.36. The van der Waals surface area contributed by atoms with Crippen LogP contribution in [0, 0.1) is 13.8 Å². The highest BCUT2D eigenvalue weighted by Gasteiger charge is 2.31. The number of esters is 1. The Kier molecular flexibility index (Phi) is 3.92. The molecule has 0 radical (unpaired) electrons. The number of carbonyl (C=O) groups is 1. The molecule has 3 aromatic rings. The zero-order valence-corrected chi connectivity index (χ0v) is 15.0. The number of hydrogen-bond acceptors (Lipinski definition) is 5. The average molecular weight is 351 g/mol. The van der Waals surface area contributed by atoms with E-state index in [4.69, 9.17) is 4.74 Å². The maximum atomic E-state index is 12.1. The highest BCUT2D eigenvalue weighted by molar-refractivity contribution is 5.92. The Morgan fingerprint density at radius 3 is 2.88 bits per heavy atom. The van der Waals surface area contributed by atoms with E-state index in [1.165, 1.54) is 7.11 Å². The van der Waals surface area contributed by atoms with Crippen LogP contribution in [-0.4, -0.2) is 33.7 Å². The zero-order valence-electron chi connectivity index (χ0n) is 15.0. The number of pyridine rings is 1. The molecule has 26 heavy (non-hydrogen) atoms. The molecule has 0 saturated carbocycles. The molecule has 0 fully saturated rings. The van der Waals surface area contributed by atoms with Gasteiger partial charge in [0.05, 0.1) is 36.2 Å². The number of fused-ring (bicyclic) bond motifs is 2. The van der Waals surface area contributed by atoms with Gasteiger partial charge in [-0.2, -0.15) is 0 Å². The highest BCUT2D eigenvalue weighted by Crippen LogP contribution is 2.35. The van der Waals surface area contributed by atoms with Crippen molar-refractivity contribution in [2.24, 2.45) is 0 Å². The molecule has 0 saturated heterocycles. The normalized spacial score (nSPS) is 18.8. The predicted molar refractivity (Wildman–Crippen MR) is 98.5 cm³/mol. The number of carbonyl (C=O) groups excluding carboxylic acids is 1. The first kappa shape index (κ1) is 16.6. The van der Waals surface area contributed by atoms with Crippen LogP contribution < -0.4 is 5.32 Å². The first-order valence-electron chi connectivity index (χ1n) is 8.59. The lowest BCUT2D eigenvalue weighted by atomic mass is 10.1. The molecule has 1 aromatic carbocycles. The third-order valence-electron chi connectivity index (χ3n) is 5.13. The fraction of sp³-hybridized carbons (Fsp3) is 0.300. The summed E-state index contributed by atoms with van der Waals surface area (Å²) in [6, 6.07) is 9.49. The molecule has 4 rings (SSSR count). The van der Waals surface area contributed by atoms with Crippen LogP contribution >= 0.6 is 0 Å². The number of hydrogen-bond donors (Lipinski definition) is 2. The molecule has 6 nitrogen and oxygen atoms in total. The first-order chi connectivity index (χ1) is 12.5. The number of aromatic nitrogens is 2. The number of ether oxygens (including phenoxy) is 1. The summed E-state index contributed by atoms with van der Waals surface area (Å²) in [6.45, 7) is 3.89. The number of aryl methyl sites for hydroxylation is 2. The van der Waals surface area contributed by atoms with Crippen LogP contribution in [0.25, 0.3) is 5.65 Å². The molecule has 0 bridgehead atoms. The maximum Gasteiger partial charge on any atom is 0.339 e. The second kappa shape index (κ2) is 6.14. The average Bonchev–Trinajstić information content (AvgIpc) is 3.11. The minimum atomic E-state index is -0.536. The van der Waals surface area contributed by atoms with Crippen molar-refractivity contribution in [3.05, 3.63) is 64.6 Å². The molecule has 2 unspecified atom stereocenters. The van der Waals surface area contributed by atoms with E-state index >= 15 is 0 Å². The monoisotopic (exact) mass is 351 g/mol. The number of methoxy groups -OCH3 is 1. The molecule has 0 aliphatic heterocycles. The Morgan fingerprint density at radius 2 is 2.12 bits per heavy atom. The van der Waals surface area contributed by atoms with E-state index in [1.54, 1.807) is 12.3 Å². The smallest absolute Gasteiger partial charge is 0.339 e. The second-order valence-electron chi connectivity index (χ2n) is 6.70. The number of aliphatic hydroxyl groups is 1. The molecule has 134 valence electrons. The Balaban J connectivity index is 1.83. The van der Waals surface area contributed by atoms with Crippen molar-refractivity contribution in [2.75, 3.05) is 12.4 Å². The van der Waals surface area contributed by atoms with Crippen molar-refractivity contribution in [3.8, 4) is 0 Å². The lowest BCUT2D eigenvalue weighted by Crippen LogP contribution is -2.22. The standard InChI is InChI=1S/C20H21N3O3/c1-11-12(2)23-10-14(20(25)26-3)8-16(19(23)21-11)22-18-15-7-5-4-6-13(15)9-17(18)24/h4-8,10,17-18,22,24H,9H2,1-3H3. The molecule has 2 atom stereocenters. The summed E-state index contributed by atoms with van der Waals surface area (Å²) in [5.74, 6) is -0.409. The van der Waals surface area contributed by atoms with Crippen LogP contribution in [0.3, 0.4) is 0 Å². The van der Waals surface area contributed by atoms with E-state index in [-0.39, 0.29) is 6.04 Å². The molecular weight excluding hydrogens is 330 g/mol. The summed E-state index contributed by atoms with van der Waals surface area (Å²) in [5.41, 5.74) is 5.91. The van der Waals surface area contributed by atoms with Crippen molar-refractivity contribution in [2.45, 2.75) is 32.4 Å². The van der Waals surface area contributed by atoms with Crippen LogP contribution in [0.1, 0.15) is 38.9 Å². The van der Waals surface area contributed by atoms with Crippen LogP contribution in [0.15, 0.2) is 36.5 Å². The fourth-order valence-electron chi connectivity index (χ4n) is 3.62. The van der Waals surface area contributed by atoms with E-state index < -0.39 is 12.1 Å². The van der Waals surface area contributed by atoms with Crippen LogP contribution in [-0.2, 0) is 11.2 Å². The van der Waals surface area contributed by atoms with E-state index in [9.17, 15) is 9.90 Å². The van der Waals surface area contributed by atoms with Crippen molar-refractivity contribution < 1.29 is 14.6 Å². The van der Waals surface area contributed by atoms with Crippen LogP contribution in [0.5, 0.6) is 0 Å². The van der Waals surface area contributed by atoms with E-state index in [0.717, 1.165) is 28.2 Å². The van der Waals surface area contributed by atoms with Crippen molar-refractivity contribution in [1.29, 1.82) is 0 Å². The molecule has 0 spiro atoms. The minimum absolute atomic E-state index is 0.250. The van der Waals surface area contributed by atoms with Gasteiger partial charge in [-0.15, -0.1) is 0 Å². The quantitative estimate of drug-likeness (QED) is 0.710. The Labute approximate surface area is 151 Å². The van der Waals surface area contributed by atoms with Gasteiger partial charge < -0.3 is 19.6 Å². The largest absolute Gasteiger partial charge is 0.465 e. The highest BCUT2D eigenvalue weighted by atomic mass is 16.5. The number of anilines is 1.